The van der Waals surface area contributed by atoms with Gasteiger partial charge in [-0.2, -0.15) is 5.26 Å². The molecule has 10 heteroatoms. The zero-order chi connectivity index (χ0) is 24.5. The molecule has 1 unspecified atom stereocenters. The summed E-state index contributed by atoms with van der Waals surface area (Å²) in [6.45, 7) is 4.01. The first kappa shape index (κ1) is 22.7. The molecule has 2 aliphatic heterocycles. The number of anilines is 2. The van der Waals surface area contributed by atoms with Crippen molar-refractivity contribution in [3.8, 4) is 11.8 Å². The average molecular weight is 473 g/mol. The summed E-state index contributed by atoms with van der Waals surface area (Å²) >= 11 is 0. The van der Waals surface area contributed by atoms with E-state index in [0.29, 0.717) is 41.7 Å². The molecule has 1 atom stereocenters. The van der Waals surface area contributed by atoms with Gasteiger partial charge in [0.1, 0.15) is 29.8 Å². The molecule has 5 rings (SSSR count). The number of nitrogens with one attached hydrogen (secondary N) is 1. The molecular weight excluding hydrogens is 448 g/mol. The Morgan fingerprint density at radius 2 is 2.20 bits per heavy atom. The smallest absolute Gasteiger partial charge is 0.338 e. The number of aromatic nitrogens is 3. The number of nitriles is 1. The second-order valence-electron chi connectivity index (χ2n) is 8.56. The normalized spacial score (nSPS) is 15.5. The Kier molecular flexibility index (Phi) is 6.03. The van der Waals surface area contributed by atoms with E-state index in [1.54, 1.807) is 18.3 Å². The van der Waals surface area contributed by atoms with Crippen LogP contribution < -0.4 is 10.1 Å². The number of esters is 1. The lowest BCUT2D eigenvalue weighted by molar-refractivity contribution is 0.0535. The monoisotopic (exact) mass is 472 g/mol. The fourth-order valence-electron chi connectivity index (χ4n) is 4.53. The average Bonchev–Trinajstić information content (AvgIpc) is 3.25. The van der Waals surface area contributed by atoms with E-state index in [-0.39, 0.29) is 12.6 Å². The summed E-state index contributed by atoms with van der Waals surface area (Å²) in [5, 5.41) is 23.1. The molecule has 0 bridgehead atoms. The lowest BCUT2D eigenvalue weighted by Crippen LogP contribution is -2.34. The van der Waals surface area contributed by atoms with Gasteiger partial charge in [0.15, 0.2) is 0 Å². The van der Waals surface area contributed by atoms with Gasteiger partial charge in [-0.05, 0) is 24.1 Å². The first-order chi connectivity index (χ1) is 17.0. The maximum Gasteiger partial charge on any atom is 0.338 e. The van der Waals surface area contributed by atoms with Gasteiger partial charge in [-0.25, -0.2) is 19.7 Å². The molecule has 0 spiro atoms. The van der Waals surface area contributed by atoms with Crippen LogP contribution in [0.25, 0.3) is 0 Å². The third-order valence-corrected chi connectivity index (χ3v) is 6.46. The van der Waals surface area contributed by atoms with Crippen molar-refractivity contribution in [2.24, 2.45) is 0 Å². The van der Waals surface area contributed by atoms with Crippen LogP contribution in [0, 0.1) is 18.3 Å². The molecule has 0 aliphatic carbocycles. The zero-order valence-corrected chi connectivity index (χ0v) is 19.4. The number of benzene rings is 1. The minimum Gasteiger partial charge on any atom is -0.495 e. The highest BCUT2D eigenvalue weighted by atomic mass is 16.5. The standard InChI is InChI=1S/C25H24N6O4/c1-14-17(3-4-18-19(14)13-35-24(18)33)21(32)12-31-6-5-20-16(11-31)10-28-25(29-20)30-23-7-22(34-2)15(8-26)9-27-23/h3-4,7,9-10,21,32H,5-6,11-13H2,1-2H3,(H,27,28,29,30). The molecular formula is C25H24N6O4. The van der Waals surface area contributed by atoms with Gasteiger partial charge in [0.25, 0.3) is 0 Å². The summed E-state index contributed by atoms with van der Waals surface area (Å²) in [5.74, 6) is 1.02. The zero-order valence-electron chi connectivity index (χ0n) is 19.4. The number of aliphatic hydroxyl groups is 1. The Hall–Kier alpha value is -4.07. The predicted molar refractivity (Wildman–Crippen MR) is 125 cm³/mol. The molecule has 2 aromatic heterocycles. The predicted octanol–water partition coefficient (Wildman–Crippen LogP) is 2.57. The van der Waals surface area contributed by atoms with E-state index in [1.165, 1.54) is 13.3 Å². The Bertz CT molecular complexity index is 1350. The Balaban J connectivity index is 1.26. The van der Waals surface area contributed by atoms with Gasteiger partial charge >= 0.3 is 5.97 Å². The van der Waals surface area contributed by atoms with E-state index in [9.17, 15) is 9.90 Å². The van der Waals surface area contributed by atoms with Crippen molar-refractivity contribution in [1.29, 1.82) is 5.26 Å². The lowest BCUT2D eigenvalue weighted by Gasteiger charge is -2.30. The van der Waals surface area contributed by atoms with Crippen molar-refractivity contribution in [3.63, 3.8) is 0 Å². The van der Waals surface area contributed by atoms with E-state index in [1.807, 2.05) is 19.1 Å². The topological polar surface area (TPSA) is 133 Å². The number of hydrogen-bond acceptors (Lipinski definition) is 10. The third-order valence-electron chi connectivity index (χ3n) is 6.46. The van der Waals surface area contributed by atoms with Gasteiger partial charge in [-0.1, -0.05) is 6.07 Å². The number of carbonyl (C=O) groups is 1. The van der Waals surface area contributed by atoms with Gasteiger partial charge in [0, 0.05) is 49.4 Å². The minimum atomic E-state index is -0.683. The van der Waals surface area contributed by atoms with Crippen LogP contribution in [0.5, 0.6) is 5.75 Å². The molecule has 0 radical (unpaired) electrons. The molecule has 2 aliphatic rings. The van der Waals surface area contributed by atoms with Crippen molar-refractivity contribution in [2.75, 3.05) is 25.5 Å². The molecule has 35 heavy (non-hydrogen) atoms. The molecule has 4 heterocycles. The van der Waals surface area contributed by atoms with Gasteiger partial charge in [-0.15, -0.1) is 0 Å². The number of pyridine rings is 1. The second-order valence-corrected chi connectivity index (χ2v) is 8.56. The minimum absolute atomic E-state index is 0.260. The summed E-state index contributed by atoms with van der Waals surface area (Å²) in [7, 11) is 1.50. The number of rotatable bonds is 6. The molecule has 0 saturated carbocycles. The van der Waals surface area contributed by atoms with E-state index in [4.69, 9.17) is 14.7 Å². The number of methoxy groups -OCH3 is 1. The van der Waals surface area contributed by atoms with Crippen LogP contribution in [0.4, 0.5) is 11.8 Å². The number of aliphatic hydroxyl groups excluding tert-OH is 1. The van der Waals surface area contributed by atoms with E-state index >= 15 is 0 Å². The van der Waals surface area contributed by atoms with Crippen LogP contribution in [0.15, 0.2) is 30.6 Å². The molecule has 3 aromatic rings. The molecule has 10 nitrogen and oxygen atoms in total. The summed E-state index contributed by atoms with van der Waals surface area (Å²) in [4.78, 5) is 27.2. The van der Waals surface area contributed by atoms with E-state index in [0.717, 1.165) is 40.9 Å². The second kappa shape index (κ2) is 9.29. The van der Waals surface area contributed by atoms with Crippen molar-refractivity contribution < 1.29 is 19.4 Å². The molecule has 178 valence electrons. The van der Waals surface area contributed by atoms with Crippen LogP contribution >= 0.6 is 0 Å². The Labute approximate surface area is 202 Å². The highest BCUT2D eigenvalue weighted by Gasteiger charge is 2.27. The molecule has 0 saturated heterocycles. The number of fused-ring (bicyclic) bond motifs is 2. The Morgan fingerprint density at radius 3 is 3.00 bits per heavy atom. The number of ether oxygens (including phenoxy) is 2. The highest BCUT2D eigenvalue weighted by Crippen LogP contribution is 2.30. The van der Waals surface area contributed by atoms with Crippen LogP contribution in [-0.2, 0) is 24.3 Å². The number of carbonyl (C=O) groups excluding carboxylic acids is 1. The number of cyclic esters (lactones) is 1. The fourth-order valence-corrected chi connectivity index (χ4v) is 4.53. The van der Waals surface area contributed by atoms with Crippen molar-refractivity contribution in [3.05, 3.63) is 69.7 Å². The number of hydrogen-bond donors (Lipinski definition) is 2. The summed E-state index contributed by atoms with van der Waals surface area (Å²) in [6, 6.07) is 7.22. The van der Waals surface area contributed by atoms with Crippen LogP contribution in [0.3, 0.4) is 0 Å². The first-order valence-corrected chi connectivity index (χ1v) is 11.2. The first-order valence-electron chi connectivity index (χ1n) is 11.2. The maximum atomic E-state index is 11.8. The number of nitrogens with zero attached hydrogens (tertiary/aromatic N) is 5. The maximum absolute atomic E-state index is 11.8. The quantitative estimate of drug-likeness (QED) is 0.516. The summed E-state index contributed by atoms with van der Waals surface area (Å²) in [5.41, 5.74) is 5.46. The SMILES string of the molecule is COc1cc(Nc2ncc3c(n2)CCN(CC(O)c2ccc4c(c2C)COC4=O)C3)ncc1C#N. The summed E-state index contributed by atoms with van der Waals surface area (Å²) < 4.78 is 10.3. The van der Waals surface area contributed by atoms with Gasteiger partial charge in [0.2, 0.25) is 5.95 Å². The van der Waals surface area contributed by atoms with Crippen molar-refractivity contribution in [2.45, 2.75) is 32.6 Å². The van der Waals surface area contributed by atoms with Gasteiger partial charge in [-0.3, -0.25) is 4.90 Å². The fraction of sp³-hybridized carbons (Fsp3) is 0.320. The third kappa shape index (κ3) is 4.39. The molecule has 2 N–H and O–H groups in total. The largest absolute Gasteiger partial charge is 0.495 e. The van der Waals surface area contributed by atoms with Crippen LogP contribution in [-0.4, -0.2) is 51.1 Å². The molecule has 1 aromatic carbocycles. The summed E-state index contributed by atoms with van der Waals surface area (Å²) in [6.07, 6.45) is 3.26. The highest BCUT2D eigenvalue weighted by molar-refractivity contribution is 5.93. The molecule has 0 amide bonds. The van der Waals surface area contributed by atoms with Gasteiger partial charge in [0.05, 0.1) is 30.7 Å². The van der Waals surface area contributed by atoms with E-state index < -0.39 is 6.10 Å². The molecule has 0 fully saturated rings. The lowest BCUT2D eigenvalue weighted by atomic mass is 9.95. The van der Waals surface area contributed by atoms with Crippen LogP contribution in [0.1, 0.15) is 50.0 Å². The van der Waals surface area contributed by atoms with Crippen molar-refractivity contribution in [1.82, 2.24) is 19.9 Å². The van der Waals surface area contributed by atoms with Gasteiger partial charge < -0.3 is 19.9 Å². The van der Waals surface area contributed by atoms with Crippen LogP contribution in [0.2, 0.25) is 0 Å². The van der Waals surface area contributed by atoms with E-state index in [2.05, 4.69) is 25.2 Å². The van der Waals surface area contributed by atoms with Crippen molar-refractivity contribution >= 4 is 17.7 Å². The Morgan fingerprint density at radius 1 is 1.34 bits per heavy atom. The number of β-amino-alcohol motifs (C(OH)–C–C–N with tert-alkyl or cyclic N) is 1.